The maximum atomic E-state index is 13.0. The highest BCUT2D eigenvalue weighted by atomic mass is 16.6. The molecular weight excluding hydrogens is 700 g/mol. The maximum Gasteiger partial charge on any atom is 0.404 e. The lowest BCUT2D eigenvalue weighted by molar-refractivity contribution is -0.198. The van der Waals surface area contributed by atoms with Gasteiger partial charge in [-0.15, -0.1) is 0 Å². The second kappa shape index (κ2) is 21.7. The van der Waals surface area contributed by atoms with Crippen LogP contribution in [0, 0.1) is 0 Å². The number of aliphatic hydroxyl groups excluding tert-OH is 3. The van der Waals surface area contributed by atoms with Crippen LogP contribution in [0.25, 0.3) is 0 Å². The Bertz CT molecular complexity index is 1260. The molecule has 3 rings (SSSR count). The molecule has 0 bridgehead atoms. The summed E-state index contributed by atoms with van der Waals surface area (Å²) in [5.41, 5.74) is 28.7. The zero-order chi connectivity index (χ0) is 39.1. The normalized spacial score (nSPS) is 28.2. The van der Waals surface area contributed by atoms with E-state index in [0.717, 1.165) is 6.42 Å². The smallest absolute Gasteiger partial charge is 0.404 e. The maximum absolute atomic E-state index is 13.0. The number of rotatable bonds is 21. The molecule has 0 aliphatic carbocycles. The van der Waals surface area contributed by atoms with Crippen LogP contribution in [0.15, 0.2) is 4.99 Å². The van der Waals surface area contributed by atoms with Gasteiger partial charge in [-0.3, -0.25) is 19.2 Å². The molecular formula is C31H58N12O10. The van der Waals surface area contributed by atoms with Gasteiger partial charge in [0.1, 0.15) is 31.0 Å². The third-order valence-electron chi connectivity index (χ3n) is 9.09. The van der Waals surface area contributed by atoms with Crippen molar-refractivity contribution in [3.8, 4) is 0 Å². The number of guanidine groups is 1. The number of fused-ring (bicyclic) bond motifs is 1. The van der Waals surface area contributed by atoms with Crippen molar-refractivity contribution in [1.82, 2.24) is 31.9 Å². The molecule has 3 heterocycles. The number of nitrogens with two attached hydrogens (primary N) is 5. The van der Waals surface area contributed by atoms with E-state index in [-0.39, 0.29) is 49.6 Å². The highest BCUT2D eigenvalue weighted by Gasteiger charge is 2.48. The molecule has 3 aliphatic heterocycles. The van der Waals surface area contributed by atoms with Gasteiger partial charge in [-0.2, -0.15) is 0 Å². The lowest BCUT2D eigenvalue weighted by atomic mass is 9.95. The summed E-state index contributed by atoms with van der Waals surface area (Å²) in [5, 5.41) is 48.5. The van der Waals surface area contributed by atoms with Gasteiger partial charge in [0.2, 0.25) is 23.6 Å². The number of aliphatic imine (C=N–C) groups is 1. The summed E-state index contributed by atoms with van der Waals surface area (Å²) in [6.45, 7) is 0.758. The first-order valence-electron chi connectivity index (χ1n) is 18.0. The molecule has 5 amide bonds. The molecule has 19 N–H and O–H groups in total. The van der Waals surface area contributed by atoms with Gasteiger partial charge in [-0.05, 0) is 45.1 Å². The lowest BCUT2D eigenvalue weighted by Gasteiger charge is -2.43. The van der Waals surface area contributed by atoms with Crippen LogP contribution >= 0.6 is 0 Å². The van der Waals surface area contributed by atoms with E-state index < -0.39 is 85.4 Å². The van der Waals surface area contributed by atoms with Crippen molar-refractivity contribution < 1.29 is 48.8 Å². The van der Waals surface area contributed by atoms with Crippen LogP contribution in [0.5, 0.6) is 0 Å². The van der Waals surface area contributed by atoms with Gasteiger partial charge in [0, 0.05) is 57.0 Å². The average molecular weight is 759 g/mol. The second-order valence-electron chi connectivity index (χ2n) is 13.7. The highest BCUT2D eigenvalue weighted by molar-refractivity contribution is 5.92. The molecule has 0 radical (unpaired) electrons. The molecule has 11 atom stereocenters. The van der Waals surface area contributed by atoms with Gasteiger partial charge >= 0.3 is 6.09 Å². The van der Waals surface area contributed by atoms with Gasteiger partial charge in [-0.25, -0.2) is 9.79 Å². The number of primary amides is 1. The average Bonchev–Trinajstić information content (AvgIpc) is 3.53. The number of carbonyl (C=O) groups is 5. The van der Waals surface area contributed by atoms with Crippen molar-refractivity contribution in [3.05, 3.63) is 0 Å². The van der Waals surface area contributed by atoms with E-state index in [2.05, 4.69) is 36.9 Å². The van der Waals surface area contributed by atoms with E-state index in [1.165, 1.54) is 0 Å². The summed E-state index contributed by atoms with van der Waals surface area (Å²) in [4.78, 5) is 65.0. The van der Waals surface area contributed by atoms with Crippen molar-refractivity contribution in [2.45, 2.75) is 125 Å². The molecule has 22 nitrogen and oxygen atoms in total. The van der Waals surface area contributed by atoms with Crippen LogP contribution in [0.3, 0.4) is 0 Å². The monoisotopic (exact) mass is 758 g/mol. The van der Waals surface area contributed by atoms with E-state index >= 15 is 0 Å². The van der Waals surface area contributed by atoms with Gasteiger partial charge in [0.05, 0.1) is 12.1 Å². The third kappa shape index (κ3) is 14.5. The number of carbonyl (C=O) groups excluding carboxylic acids is 5. The standard InChI is InChI=1S/C31H58N12O10/c32-7-1-4-15(33)10-20(45)37-8-2-5-16(34)11-21(46)38-9-3-6-17(35)12-22(47)40-25-27(49)26(48)19(14-52-30(36)51)53-29(25)43-31-41-23-18(44)13-39-28(50)24(23)42-31/h15-19,23-27,29,44,48-49H,1-14,32-35H2,(H2,36,51)(H,37,45)(H,38,46)(H,39,50)(H,40,47)(H2,41,42,43)/t15?,16?,17?,18-,19-,23-,24+,25-,26+,27+,29-/m1/s1. The van der Waals surface area contributed by atoms with Crippen LogP contribution in [0.1, 0.15) is 57.8 Å². The van der Waals surface area contributed by atoms with Gasteiger partial charge in [0.15, 0.2) is 18.2 Å². The number of aliphatic hydroxyl groups is 3. The minimum atomic E-state index is -1.63. The summed E-state index contributed by atoms with van der Waals surface area (Å²) < 4.78 is 10.6. The molecule has 0 spiro atoms. The predicted molar refractivity (Wildman–Crippen MR) is 189 cm³/mol. The van der Waals surface area contributed by atoms with Crippen molar-refractivity contribution in [2.24, 2.45) is 33.7 Å². The Morgan fingerprint density at radius 1 is 0.887 bits per heavy atom. The first kappa shape index (κ1) is 43.5. The molecule has 0 aromatic carbocycles. The second-order valence-corrected chi connectivity index (χ2v) is 13.7. The number of β-amino-alcohol motifs (C(OH)–C–C–N with tert-alkyl or cyclic N) is 1. The minimum Gasteiger partial charge on any atom is -0.447 e. The van der Waals surface area contributed by atoms with E-state index in [1.54, 1.807) is 0 Å². The zero-order valence-electron chi connectivity index (χ0n) is 29.8. The predicted octanol–water partition coefficient (Wildman–Crippen LogP) is -6.53. The van der Waals surface area contributed by atoms with Gasteiger partial charge in [-0.1, -0.05) is 0 Å². The van der Waals surface area contributed by atoms with Crippen LogP contribution < -0.4 is 60.6 Å². The van der Waals surface area contributed by atoms with E-state index in [0.29, 0.717) is 51.7 Å². The molecule has 0 aromatic rings. The number of hydrogen-bond donors (Lipinski definition) is 14. The number of nitrogens with one attached hydrogen (secondary N) is 6. The first-order valence-corrected chi connectivity index (χ1v) is 18.0. The molecule has 22 heteroatoms. The molecule has 2 saturated heterocycles. The summed E-state index contributed by atoms with van der Waals surface area (Å²) in [5.74, 6) is -1.34. The molecule has 3 aliphatic rings. The summed E-state index contributed by atoms with van der Waals surface area (Å²) >= 11 is 0. The quantitative estimate of drug-likeness (QED) is 0.0484. The Kier molecular flexibility index (Phi) is 17.8. The van der Waals surface area contributed by atoms with Crippen molar-refractivity contribution in [2.75, 3.05) is 32.8 Å². The molecule has 3 unspecified atom stereocenters. The fourth-order valence-electron chi connectivity index (χ4n) is 6.20. The number of nitrogens with zero attached hydrogens (tertiary/aromatic N) is 1. The Hall–Kier alpha value is -3.90. The fraction of sp³-hybridized carbons (Fsp3) is 0.806. The number of piperidine rings is 1. The first-order chi connectivity index (χ1) is 25.2. The molecule has 2 fully saturated rings. The fourth-order valence-corrected chi connectivity index (χ4v) is 6.20. The largest absolute Gasteiger partial charge is 0.447 e. The van der Waals surface area contributed by atoms with Gasteiger partial charge in [0.25, 0.3) is 0 Å². The SMILES string of the molecule is NCCCC(N)CC(=O)NCCCC(N)CC(=O)NCCCC(N)CC(=O)N[C@@H]1[C@H](O)[C@@H](O)[C@@H](COC(N)=O)O[C@H]1NC1=N[C@@H]2C(=O)NC[C@@H](O)[C@H]2N1. The van der Waals surface area contributed by atoms with E-state index in [9.17, 15) is 39.3 Å². The Balaban J connectivity index is 1.40. The Morgan fingerprint density at radius 2 is 1.45 bits per heavy atom. The van der Waals surface area contributed by atoms with E-state index in [4.69, 9.17) is 38.1 Å². The Labute approximate surface area is 307 Å². The summed E-state index contributed by atoms with van der Waals surface area (Å²) in [7, 11) is 0. The van der Waals surface area contributed by atoms with Crippen molar-refractivity contribution in [1.29, 1.82) is 0 Å². The number of hydrogen-bond acceptors (Lipinski definition) is 17. The van der Waals surface area contributed by atoms with Crippen molar-refractivity contribution in [3.63, 3.8) is 0 Å². The third-order valence-corrected chi connectivity index (χ3v) is 9.09. The topological polar surface area (TPSA) is 379 Å². The van der Waals surface area contributed by atoms with Gasteiger partial charge < -0.3 is 85.4 Å². The van der Waals surface area contributed by atoms with Crippen molar-refractivity contribution >= 4 is 35.7 Å². The molecule has 53 heavy (non-hydrogen) atoms. The molecule has 0 aromatic heterocycles. The van der Waals surface area contributed by atoms with E-state index in [1.807, 2.05) is 0 Å². The van der Waals surface area contributed by atoms with Crippen LogP contribution in [0.2, 0.25) is 0 Å². The zero-order valence-corrected chi connectivity index (χ0v) is 29.8. The molecule has 0 saturated carbocycles. The summed E-state index contributed by atoms with van der Waals surface area (Å²) in [6.07, 6.45) is -4.28. The lowest BCUT2D eigenvalue weighted by Crippen LogP contribution is -2.69. The number of amides is 5. The highest BCUT2D eigenvalue weighted by Crippen LogP contribution is 2.22. The number of ether oxygens (including phenoxy) is 2. The Morgan fingerprint density at radius 3 is 2.00 bits per heavy atom. The van der Waals surface area contributed by atoms with Crippen LogP contribution in [0.4, 0.5) is 4.79 Å². The summed E-state index contributed by atoms with van der Waals surface area (Å²) in [6, 6.07) is -4.21. The molecule has 302 valence electrons. The minimum absolute atomic E-state index is 0.0174. The van der Waals surface area contributed by atoms with Crippen LogP contribution in [-0.2, 0) is 28.7 Å². The van der Waals surface area contributed by atoms with Crippen LogP contribution in [-0.4, -0.2) is 151 Å².